The van der Waals surface area contributed by atoms with Gasteiger partial charge >= 0.3 is 0 Å². The van der Waals surface area contributed by atoms with Crippen LogP contribution in [0.1, 0.15) is 29.3 Å². The predicted molar refractivity (Wildman–Crippen MR) is 91.6 cm³/mol. The van der Waals surface area contributed by atoms with Crippen LogP contribution in [0.5, 0.6) is 5.75 Å². The maximum Gasteiger partial charge on any atom is 0.251 e. The fourth-order valence-corrected chi connectivity index (χ4v) is 2.38. The summed E-state index contributed by atoms with van der Waals surface area (Å²) in [6, 6.07) is 15.5. The zero-order valence-corrected chi connectivity index (χ0v) is 13.8. The Morgan fingerprint density at radius 3 is 2.64 bits per heavy atom. The lowest BCUT2D eigenvalue weighted by Crippen LogP contribution is -2.22. The highest BCUT2D eigenvalue weighted by molar-refractivity contribution is 7.98. The van der Waals surface area contributed by atoms with Gasteiger partial charge in [-0.2, -0.15) is 0 Å². The summed E-state index contributed by atoms with van der Waals surface area (Å²) in [6.07, 6.45) is 2.99. The van der Waals surface area contributed by atoms with Crippen LogP contribution in [0.25, 0.3) is 0 Å². The highest BCUT2D eigenvalue weighted by Crippen LogP contribution is 2.16. The maximum absolute atomic E-state index is 12.2. The quantitative estimate of drug-likeness (QED) is 0.781. The van der Waals surface area contributed by atoms with Crippen molar-refractivity contribution in [2.75, 3.05) is 12.9 Å². The normalized spacial score (nSPS) is 10.3. The minimum absolute atomic E-state index is 0.0871. The van der Waals surface area contributed by atoms with E-state index in [9.17, 15) is 4.79 Å². The molecule has 0 saturated carbocycles. The molecule has 0 aliphatic heterocycles. The molecule has 1 amide bonds. The largest absolute Gasteiger partial charge is 0.494 e. The molecule has 116 valence electrons. The van der Waals surface area contributed by atoms with E-state index < -0.39 is 0 Å². The molecular weight excluding hydrogens is 294 g/mol. The topological polar surface area (TPSA) is 38.3 Å². The van der Waals surface area contributed by atoms with Crippen molar-refractivity contribution in [1.29, 1.82) is 0 Å². The number of nitrogens with one attached hydrogen (secondary N) is 1. The van der Waals surface area contributed by atoms with E-state index in [1.165, 1.54) is 4.90 Å². The SMILES string of the molecule is CCCOc1cccc(C(=O)NCc2ccc(SC)cc2)c1. The number of ether oxygens (including phenoxy) is 1. The summed E-state index contributed by atoms with van der Waals surface area (Å²) >= 11 is 1.71. The van der Waals surface area contributed by atoms with Crippen molar-refractivity contribution in [2.45, 2.75) is 24.8 Å². The lowest BCUT2D eigenvalue weighted by atomic mass is 10.2. The van der Waals surface area contributed by atoms with Gasteiger partial charge < -0.3 is 10.1 Å². The summed E-state index contributed by atoms with van der Waals surface area (Å²) in [6.45, 7) is 3.24. The zero-order valence-electron chi connectivity index (χ0n) is 13.0. The molecule has 0 aliphatic rings. The molecule has 4 heteroatoms. The Morgan fingerprint density at radius 1 is 1.18 bits per heavy atom. The average molecular weight is 315 g/mol. The van der Waals surface area contributed by atoms with E-state index in [4.69, 9.17) is 4.74 Å². The van der Waals surface area contributed by atoms with Gasteiger partial charge in [0.2, 0.25) is 0 Å². The van der Waals surface area contributed by atoms with E-state index in [1.54, 1.807) is 23.9 Å². The van der Waals surface area contributed by atoms with Gasteiger partial charge in [0.15, 0.2) is 0 Å². The first kappa shape index (κ1) is 16.4. The molecule has 0 heterocycles. The molecule has 0 unspecified atom stereocenters. The van der Waals surface area contributed by atoms with Crippen molar-refractivity contribution in [2.24, 2.45) is 0 Å². The minimum atomic E-state index is -0.0871. The molecule has 0 aromatic heterocycles. The number of hydrogen-bond donors (Lipinski definition) is 1. The van der Waals surface area contributed by atoms with E-state index >= 15 is 0 Å². The fourth-order valence-electron chi connectivity index (χ4n) is 1.97. The summed E-state index contributed by atoms with van der Waals surface area (Å²) in [5.74, 6) is 0.648. The van der Waals surface area contributed by atoms with E-state index in [0.717, 1.165) is 17.7 Å². The predicted octanol–water partition coefficient (Wildman–Crippen LogP) is 4.13. The highest BCUT2D eigenvalue weighted by Gasteiger charge is 2.06. The van der Waals surface area contributed by atoms with Crippen molar-refractivity contribution in [3.8, 4) is 5.75 Å². The molecule has 22 heavy (non-hydrogen) atoms. The van der Waals surface area contributed by atoms with Crippen LogP contribution in [0.15, 0.2) is 53.4 Å². The first-order chi connectivity index (χ1) is 10.7. The van der Waals surface area contributed by atoms with Crippen LogP contribution < -0.4 is 10.1 Å². The molecule has 1 N–H and O–H groups in total. The van der Waals surface area contributed by atoms with Gasteiger partial charge in [0.1, 0.15) is 5.75 Å². The van der Waals surface area contributed by atoms with E-state index in [1.807, 2.05) is 30.5 Å². The van der Waals surface area contributed by atoms with Gasteiger partial charge in [-0.3, -0.25) is 4.79 Å². The second-order valence-electron chi connectivity index (χ2n) is 4.91. The Morgan fingerprint density at radius 2 is 1.95 bits per heavy atom. The second-order valence-corrected chi connectivity index (χ2v) is 5.79. The van der Waals surface area contributed by atoms with Gasteiger partial charge in [-0.15, -0.1) is 11.8 Å². The van der Waals surface area contributed by atoms with Crippen molar-refractivity contribution in [1.82, 2.24) is 5.32 Å². The van der Waals surface area contributed by atoms with Crippen molar-refractivity contribution in [3.05, 3.63) is 59.7 Å². The molecular formula is C18H21NO2S. The number of hydrogen-bond acceptors (Lipinski definition) is 3. The van der Waals surface area contributed by atoms with Crippen LogP contribution in [0.3, 0.4) is 0 Å². The van der Waals surface area contributed by atoms with E-state index in [2.05, 4.69) is 24.4 Å². The summed E-state index contributed by atoms with van der Waals surface area (Å²) in [7, 11) is 0. The average Bonchev–Trinajstić information content (AvgIpc) is 2.58. The van der Waals surface area contributed by atoms with Gasteiger partial charge in [-0.1, -0.05) is 25.1 Å². The van der Waals surface area contributed by atoms with Gasteiger partial charge in [0, 0.05) is 17.0 Å². The Kier molecular flexibility index (Phi) is 6.34. The third-order valence-corrected chi connectivity index (χ3v) is 3.92. The molecule has 0 bridgehead atoms. The lowest BCUT2D eigenvalue weighted by molar-refractivity contribution is 0.0950. The summed E-state index contributed by atoms with van der Waals surface area (Å²) in [4.78, 5) is 13.4. The second kappa shape index (κ2) is 8.49. The Hall–Kier alpha value is -1.94. The number of carbonyl (C=O) groups excluding carboxylic acids is 1. The van der Waals surface area contributed by atoms with Crippen LogP contribution >= 0.6 is 11.8 Å². The molecule has 2 rings (SSSR count). The molecule has 0 atom stereocenters. The third-order valence-electron chi connectivity index (χ3n) is 3.18. The molecule has 0 fully saturated rings. The van der Waals surface area contributed by atoms with Gasteiger partial charge in [0.05, 0.1) is 6.61 Å². The van der Waals surface area contributed by atoms with Crippen LogP contribution in [0, 0.1) is 0 Å². The summed E-state index contributed by atoms with van der Waals surface area (Å²) in [5.41, 5.74) is 1.71. The molecule has 0 spiro atoms. The van der Waals surface area contributed by atoms with Crippen molar-refractivity contribution < 1.29 is 9.53 Å². The number of benzene rings is 2. The number of thioether (sulfide) groups is 1. The molecule has 0 saturated heterocycles. The molecule has 2 aromatic carbocycles. The van der Waals surface area contributed by atoms with E-state index in [0.29, 0.717) is 18.7 Å². The molecule has 0 radical (unpaired) electrons. The first-order valence-electron chi connectivity index (χ1n) is 7.37. The minimum Gasteiger partial charge on any atom is -0.494 e. The zero-order chi connectivity index (χ0) is 15.8. The monoisotopic (exact) mass is 315 g/mol. The van der Waals surface area contributed by atoms with Crippen LogP contribution in [-0.4, -0.2) is 18.8 Å². The smallest absolute Gasteiger partial charge is 0.251 e. The number of rotatable bonds is 7. The Bertz CT molecular complexity index is 611. The van der Waals surface area contributed by atoms with Crippen molar-refractivity contribution >= 4 is 17.7 Å². The lowest BCUT2D eigenvalue weighted by Gasteiger charge is -2.08. The Balaban J connectivity index is 1.93. The van der Waals surface area contributed by atoms with E-state index in [-0.39, 0.29) is 5.91 Å². The Labute approximate surface area is 136 Å². The van der Waals surface area contributed by atoms with Crippen LogP contribution in [-0.2, 0) is 6.54 Å². The van der Waals surface area contributed by atoms with Gasteiger partial charge in [-0.05, 0) is 48.6 Å². The molecule has 2 aromatic rings. The van der Waals surface area contributed by atoms with Gasteiger partial charge in [-0.25, -0.2) is 0 Å². The van der Waals surface area contributed by atoms with Crippen molar-refractivity contribution in [3.63, 3.8) is 0 Å². The van der Waals surface area contributed by atoms with Crippen LogP contribution in [0.4, 0.5) is 0 Å². The fraction of sp³-hybridized carbons (Fsp3) is 0.278. The standard InChI is InChI=1S/C18H21NO2S/c1-3-11-21-16-6-4-5-15(12-16)18(20)19-13-14-7-9-17(22-2)10-8-14/h4-10,12H,3,11,13H2,1-2H3,(H,19,20). The van der Waals surface area contributed by atoms with Gasteiger partial charge in [0.25, 0.3) is 5.91 Å². The molecule has 0 aliphatic carbocycles. The number of carbonyl (C=O) groups is 1. The summed E-state index contributed by atoms with van der Waals surface area (Å²) < 4.78 is 5.55. The first-order valence-corrected chi connectivity index (χ1v) is 8.59. The third kappa shape index (κ3) is 4.81. The van der Waals surface area contributed by atoms with Crippen LogP contribution in [0.2, 0.25) is 0 Å². The summed E-state index contributed by atoms with van der Waals surface area (Å²) in [5, 5.41) is 2.93. The number of amides is 1. The maximum atomic E-state index is 12.2. The highest BCUT2D eigenvalue weighted by atomic mass is 32.2. The molecule has 3 nitrogen and oxygen atoms in total.